The number of morpholine rings is 1. The summed E-state index contributed by atoms with van der Waals surface area (Å²) in [6.07, 6.45) is 9.71. The predicted octanol–water partition coefficient (Wildman–Crippen LogP) is 1.79. The molecule has 2 unspecified atom stereocenters. The largest absolute Gasteiger partial charge is 0.373 e. The predicted molar refractivity (Wildman–Crippen MR) is 105 cm³/mol. The maximum atomic E-state index is 12.3. The number of hydrogen-bond donors (Lipinski definition) is 1. The van der Waals surface area contributed by atoms with Gasteiger partial charge in [-0.3, -0.25) is 14.4 Å². The van der Waals surface area contributed by atoms with Gasteiger partial charge in [-0.05, 0) is 13.8 Å². The topological polar surface area (TPSA) is 84.1 Å². The maximum Gasteiger partial charge on any atom is 0.220 e. The van der Waals surface area contributed by atoms with Crippen LogP contribution in [0.4, 0.5) is 0 Å². The molecule has 2 aliphatic heterocycles. The third-order valence-electron chi connectivity index (χ3n) is 5.44. The fourth-order valence-corrected chi connectivity index (χ4v) is 3.62. The van der Waals surface area contributed by atoms with Crippen molar-refractivity contribution in [1.29, 1.82) is 0 Å². The van der Waals surface area contributed by atoms with Crippen LogP contribution in [0.15, 0.2) is 16.4 Å². The van der Waals surface area contributed by atoms with E-state index in [4.69, 9.17) is 11.2 Å². The van der Waals surface area contributed by atoms with E-state index in [0.717, 1.165) is 31.7 Å². The number of aromatic nitrogens is 2. The molecule has 0 saturated carbocycles. The fourth-order valence-electron chi connectivity index (χ4n) is 3.62. The van der Waals surface area contributed by atoms with Crippen molar-refractivity contribution in [2.24, 2.45) is 17.3 Å². The van der Waals surface area contributed by atoms with Gasteiger partial charge in [-0.2, -0.15) is 15.3 Å². The van der Waals surface area contributed by atoms with Crippen molar-refractivity contribution in [3.8, 4) is 12.3 Å². The van der Waals surface area contributed by atoms with Gasteiger partial charge in [0.25, 0.3) is 0 Å². The zero-order valence-electron chi connectivity index (χ0n) is 17.0. The first kappa shape index (κ1) is 20.5. The van der Waals surface area contributed by atoms with Crippen LogP contribution in [-0.2, 0) is 23.1 Å². The summed E-state index contributed by atoms with van der Waals surface area (Å²) in [5.41, 5.74) is 1.88. The smallest absolute Gasteiger partial charge is 0.220 e. The lowest BCUT2D eigenvalue weighted by Crippen LogP contribution is -2.52. The van der Waals surface area contributed by atoms with E-state index in [1.54, 1.807) is 0 Å². The number of terminal acetylenes is 1. The van der Waals surface area contributed by atoms with Crippen LogP contribution in [0.25, 0.3) is 0 Å². The highest BCUT2D eigenvalue weighted by atomic mass is 16.5. The molecule has 0 bridgehead atoms. The Labute approximate surface area is 166 Å². The van der Waals surface area contributed by atoms with Crippen LogP contribution in [0.5, 0.6) is 0 Å². The first-order valence-electron chi connectivity index (χ1n) is 9.91. The Hall–Kier alpha value is -2.24. The van der Waals surface area contributed by atoms with Gasteiger partial charge in [-0.25, -0.2) is 0 Å². The minimum atomic E-state index is -0.410. The van der Waals surface area contributed by atoms with Crippen molar-refractivity contribution in [3.05, 3.63) is 17.5 Å². The lowest BCUT2D eigenvalue weighted by Gasteiger charge is -2.36. The second kappa shape index (κ2) is 8.84. The number of carbonyl (C=O) groups is 1. The molecule has 28 heavy (non-hydrogen) atoms. The van der Waals surface area contributed by atoms with Gasteiger partial charge in [0.1, 0.15) is 0 Å². The Morgan fingerprint density at radius 3 is 2.93 bits per heavy atom. The number of carbonyl (C=O) groups excluding carboxylic acids is 1. The molecule has 1 aromatic heterocycles. The molecule has 1 amide bonds. The molecule has 1 aromatic rings. The average Bonchev–Trinajstić information content (AvgIpc) is 3.37. The molecule has 8 nitrogen and oxygen atoms in total. The maximum absolute atomic E-state index is 12.3. The summed E-state index contributed by atoms with van der Waals surface area (Å²) in [6.45, 7) is 7.21. The van der Waals surface area contributed by atoms with E-state index in [1.165, 1.54) is 5.56 Å². The van der Waals surface area contributed by atoms with Gasteiger partial charge in [0.15, 0.2) is 5.66 Å². The molecule has 1 saturated heterocycles. The summed E-state index contributed by atoms with van der Waals surface area (Å²) in [7, 11) is 1.94. The van der Waals surface area contributed by atoms with E-state index >= 15 is 0 Å². The second-order valence-electron chi connectivity index (χ2n) is 7.80. The molecular weight excluding hydrogens is 356 g/mol. The minimum Gasteiger partial charge on any atom is -0.373 e. The minimum absolute atomic E-state index is 0.00806. The van der Waals surface area contributed by atoms with Crippen molar-refractivity contribution in [2.75, 3.05) is 19.7 Å². The number of nitrogens with zero attached hydrogens (tertiary/aromatic N) is 5. The number of ether oxygens (including phenoxy) is 1. The van der Waals surface area contributed by atoms with Crippen molar-refractivity contribution >= 4 is 5.91 Å². The zero-order valence-corrected chi connectivity index (χ0v) is 17.0. The Balaban J connectivity index is 1.43. The van der Waals surface area contributed by atoms with Crippen molar-refractivity contribution in [3.63, 3.8) is 0 Å². The van der Waals surface area contributed by atoms with E-state index in [1.807, 2.05) is 25.6 Å². The molecule has 2 aliphatic rings. The monoisotopic (exact) mass is 386 g/mol. The van der Waals surface area contributed by atoms with Gasteiger partial charge >= 0.3 is 0 Å². The Kier molecular flexibility index (Phi) is 6.47. The molecule has 1 N–H and O–H groups in total. The van der Waals surface area contributed by atoms with Crippen LogP contribution in [0.1, 0.15) is 43.9 Å². The summed E-state index contributed by atoms with van der Waals surface area (Å²) in [6, 6.07) is -0.0555. The van der Waals surface area contributed by atoms with Crippen LogP contribution in [0.3, 0.4) is 0 Å². The molecule has 3 rings (SSSR count). The van der Waals surface area contributed by atoms with E-state index < -0.39 is 5.66 Å². The van der Waals surface area contributed by atoms with Crippen molar-refractivity contribution in [2.45, 2.75) is 63.9 Å². The summed E-state index contributed by atoms with van der Waals surface area (Å²) < 4.78 is 7.77. The van der Waals surface area contributed by atoms with Gasteiger partial charge in [0.2, 0.25) is 5.91 Å². The Morgan fingerprint density at radius 1 is 1.50 bits per heavy atom. The van der Waals surface area contributed by atoms with Crippen LogP contribution < -0.4 is 5.32 Å². The van der Waals surface area contributed by atoms with Gasteiger partial charge in [0, 0.05) is 64.1 Å². The first-order valence-corrected chi connectivity index (χ1v) is 9.91. The van der Waals surface area contributed by atoms with Crippen molar-refractivity contribution in [1.82, 2.24) is 20.0 Å². The van der Waals surface area contributed by atoms with Gasteiger partial charge in [0.05, 0.1) is 24.4 Å². The summed E-state index contributed by atoms with van der Waals surface area (Å²) in [5, 5.41) is 15.6. The second-order valence-corrected chi connectivity index (χ2v) is 7.80. The molecule has 8 heteroatoms. The Morgan fingerprint density at radius 2 is 2.29 bits per heavy atom. The highest BCUT2D eigenvalue weighted by Gasteiger charge is 2.39. The number of amides is 1. The molecule has 0 radical (unpaired) electrons. The molecule has 0 aromatic carbocycles. The van der Waals surface area contributed by atoms with E-state index in [2.05, 4.69) is 37.7 Å². The molecule has 0 aliphatic carbocycles. The quantitative estimate of drug-likeness (QED) is 0.656. The highest BCUT2D eigenvalue weighted by Crippen LogP contribution is 2.37. The third kappa shape index (κ3) is 5.40. The standard InChI is InChI=1S/C20H30N6O2/c1-5-6-8-20(23-24-20)9-7-19(27)21-16(3)18-14-26(10-11-28-18)13-17-12-25(4)22-15(17)2/h1,12,16,18H,6-11,13-14H2,2-4H3,(H,21,27). The molecule has 2 atom stereocenters. The zero-order chi connectivity index (χ0) is 20.1. The van der Waals surface area contributed by atoms with Gasteiger partial charge < -0.3 is 10.1 Å². The number of rotatable bonds is 9. The summed E-state index contributed by atoms with van der Waals surface area (Å²) in [5.74, 6) is 2.61. The normalized spacial score (nSPS) is 21.9. The Bertz CT molecular complexity index is 759. The van der Waals surface area contributed by atoms with Crippen LogP contribution in [0, 0.1) is 19.3 Å². The number of hydrogen-bond acceptors (Lipinski definition) is 6. The average molecular weight is 387 g/mol. The third-order valence-corrected chi connectivity index (χ3v) is 5.44. The highest BCUT2D eigenvalue weighted by molar-refractivity contribution is 5.76. The summed E-state index contributed by atoms with van der Waals surface area (Å²) >= 11 is 0. The van der Waals surface area contributed by atoms with Crippen LogP contribution in [-0.4, -0.2) is 58.1 Å². The van der Waals surface area contributed by atoms with Crippen molar-refractivity contribution < 1.29 is 9.53 Å². The van der Waals surface area contributed by atoms with E-state index in [-0.39, 0.29) is 18.1 Å². The number of aryl methyl sites for hydroxylation is 2. The van der Waals surface area contributed by atoms with Gasteiger partial charge in [-0.1, -0.05) is 0 Å². The van der Waals surface area contributed by atoms with Gasteiger partial charge in [-0.15, -0.1) is 12.3 Å². The molecule has 1 fully saturated rings. The first-order chi connectivity index (χ1) is 13.4. The van der Waals surface area contributed by atoms with E-state index in [0.29, 0.717) is 25.9 Å². The van der Waals surface area contributed by atoms with Crippen LogP contribution >= 0.6 is 0 Å². The molecule has 0 spiro atoms. The SMILES string of the molecule is C#CCCC1(CCC(=O)NC(C)C2CN(Cc3cn(C)nc3C)CCO2)N=N1. The molecular formula is C20H30N6O2. The van der Waals surface area contributed by atoms with E-state index in [9.17, 15) is 4.79 Å². The molecule has 3 heterocycles. The lowest BCUT2D eigenvalue weighted by molar-refractivity contribution is -0.124. The van der Waals surface area contributed by atoms with Crippen LogP contribution in [0.2, 0.25) is 0 Å². The lowest BCUT2D eigenvalue weighted by atomic mass is 10.0. The number of nitrogens with one attached hydrogen (secondary N) is 1. The molecule has 152 valence electrons. The fraction of sp³-hybridized carbons (Fsp3) is 0.700. The summed E-state index contributed by atoms with van der Waals surface area (Å²) in [4.78, 5) is 14.7.